The number of carbonyl (C=O) groups excluding carboxylic acids is 2. The summed E-state index contributed by atoms with van der Waals surface area (Å²) in [5.41, 5.74) is 3.99. The van der Waals surface area contributed by atoms with Crippen LogP contribution in [0.25, 0.3) is 0 Å². The molecule has 6 heteroatoms. The van der Waals surface area contributed by atoms with E-state index in [0.29, 0.717) is 6.42 Å². The highest BCUT2D eigenvalue weighted by Gasteiger charge is 2.30. The van der Waals surface area contributed by atoms with Crippen molar-refractivity contribution in [2.24, 2.45) is 0 Å². The molecule has 2 rings (SSSR count). The third-order valence-electron chi connectivity index (χ3n) is 4.93. The predicted molar refractivity (Wildman–Crippen MR) is 131 cm³/mol. The average molecular weight is 459 g/mol. The molecule has 0 aromatic heterocycles. The van der Waals surface area contributed by atoms with E-state index in [0.717, 1.165) is 11.3 Å². The van der Waals surface area contributed by atoms with Crippen LogP contribution in [0, 0.1) is 19.7 Å². The molecule has 0 saturated heterocycles. The van der Waals surface area contributed by atoms with E-state index in [1.807, 2.05) is 27.7 Å². The molecule has 32 heavy (non-hydrogen) atoms. The Hall–Kier alpha value is -2.34. The van der Waals surface area contributed by atoms with E-state index >= 15 is 0 Å². The summed E-state index contributed by atoms with van der Waals surface area (Å²) in [6.45, 7) is 12.1. The van der Waals surface area contributed by atoms with Crippen molar-refractivity contribution >= 4 is 23.6 Å². The summed E-state index contributed by atoms with van der Waals surface area (Å²) in [6.07, 6.45) is 0.497. The number of nitrogens with zero attached hydrogens (tertiary/aromatic N) is 1. The summed E-state index contributed by atoms with van der Waals surface area (Å²) in [7, 11) is 0. The number of aryl methyl sites for hydroxylation is 2. The molecule has 1 atom stereocenters. The van der Waals surface area contributed by atoms with Gasteiger partial charge in [0.25, 0.3) is 0 Å². The average Bonchev–Trinajstić information content (AvgIpc) is 2.67. The molecule has 0 saturated carbocycles. The van der Waals surface area contributed by atoms with Crippen LogP contribution < -0.4 is 5.32 Å². The van der Waals surface area contributed by atoms with Crippen molar-refractivity contribution in [1.82, 2.24) is 10.2 Å². The Morgan fingerprint density at radius 1 is 1.03 bits per heavy atom. The summed E-state index contributed by atoms with van der Waals surface area (Å²) in [5, 5.41) is 3.00. The van der Waals surface area contributed by atoms with E-state index in [4.69, 9.17) is 0 Å². The van der Waals surface area contributed by atoms with Gasteiger partial charge >= 0.3 is 0 Å². The number of nitrogens with one attached hydrogen (secondary N) is 1. The van der Waals surface area contributed by atoms with Crippen molar-refractivity contribution in [1.29, 1.82) is 0 Å². The van der Waals surface area contributed by atoms with Gasteiger partial charge < -0.3 is 10.2 Å². The van der Waals surface area contributed by atoms with E-state index in [2.05, 4.69) is 37.4 Å². The van der Waals surface area contributed by atoms with E-state index < -0.39 is 11.6 Å². The molecule has 1 N–H and O–H groups in total. The summed E-state index contributed by atoms with van der Waals surface area (Å²) in [6, 6.07) is 11.9. The third kappa shape index (κ3) is 8.30. The maximum absolute atomic E-state index is 13.4. The minimum absolute atomic E-state index is 0.0976. The van der Waals surface area contributed by atoms with Crippen molar-refractivity contribution in [3.63, 3.8) is 0 Å². The molecule has 174 valence electrons. The van der Waals surface area contributed by atoms with Crippen LogP contribution >= 0.6 is 11.8 Å². The zero-order chi connectivity index (χ0) is 23.9. The van der Waals surface area contributed by atoms with Crippen LogP contribution in [-0.2, 0) is 21.9 Å². The van der Waals surface area contributed by atoms with Crippen LogP contribution in [0.3, 0.4) is 0 Å². The predicted octanol–water partition coefficient (Wildman–Crippen LogP) is 5.40. The second-order valence-electron chi connectivity index (χ2n) is 9.30. The normalized spacial score (nSPS) is 12.3. The van der Waals surface area contributed by atoms with E-state index in [1.54, 1.807) is 28.8 Å². The number of hydrogen-bond donors (Lipinski definition) is 1. The molecule has 0 fully saturated rings. The maximum atomic E-state index is 13.4. The Balaban J connectivity index is 2.16. The Morgan fingerprint density at radius 2 is 1.62 bits per heavy atom. The van der Waals surface area contributed by atoms with Gasteiger partial charge in [-0.3, -0.25) is 9.59 Å². The summed E-state index contributed by atoms with van der Waals surface area (Å²) in [4.78, 5) is 27.9. The second kappa shape index (κ2) is 11.5. The molecule has 2 amide bonds. The topological polar surface area (TPSA) is 49.4 Å². The minimum atomic E-state index is -0.589. The molecule has 0 aliphatic carbocycles. The molecule has 0 radical (unpaired) electrons. The van der Waals surface area contributed by atoms with Gasteiger partial charge in [-0.2, -0.15) is 0 Å². The maximum Gasteiger partial charge on any atom is 0.243 e. The van der Waals surface area contributed by atoms with Crippen molar-refractivity contribution in [2.75, 3.05) is 5.75 Å². The molecule has 0 aliphatic heterocycles. The quantitative estimate of drug-likeness (QED) is 0.547. The number of amides is 2. The lowest BCUT2D eigenvalue weighted by Crippen LogP contribution is -2.53. The highest BCUT2D eigenvalue weighted by atomic mass is 32.2. The highest BCUT2D eigenvalue weighted by molar-refractivity contribution is 7.99. The number of benzene rings is 2. The smallest absolute Gasteiger partial charge is 0.243 e. The summed E-state index contributed by atoms with van der Waals surface area (Å²) < 4.78 is 13.4. The van der Waals surface area contributed by atoms with Gasteiger partial charge in [0.05, 0.1) is 5.75 Å². The first kappa shape index (κ1) is 25.9. The zero-order valence-corrected chi connectivity index (χ0v) is 20.8. The lowest BCUT2D eigenvalue weighted by atomic mass is 10.1. The van der Waals surface area contributed by atoms with Crippen molar-refractivity contribution in [3.05, 3.63) is 70.5 Å². The molecule has 0 bridgehead atoms. The molecule has 4 nitrogen and oxygen atoms in total. The van der Waals surface area contributed by atoms with Gasteiger partial charge in [-0.25, -0.2) is 4.39 Å². The Morgan fingerprint density at radius 3 is 2.16 bits per heavy atom. The summed E-state index contributed by atoms with van der Waals surface area (Å²) >= 11 is 1.54. The van der Waals surface area contributed by atoms with Crippen molar-refractivity contribution in [2.45, 2.75) is 71.8 Å². The van der Waals surface area contributed by atoms with Crippen LogP contribution in [0.2, 0.25) is 0 Å². The van der Waals surface area contributed by atoms with Crippen LogP contribution in [0.15, 0.2) is 42.5 Å². The Kier molecular flexibility index (Phi) is 9.32. The molecule has 0 heterocycles. The SMILES string of the molecule is CCC(C(=O)NC(C)(C)C)N(Cc1ccc(F)cc1)C(=O)CSCc1cc(C)cc(C)c1. The largest absolute Gasteiger partial charge is 0.350 e. The first-order chi connectivity index (χ1) is 15.0. The molecular weight excluding hydrogens is 423 g/mol. The highest BCUT2D eigenvalue weighted by Crippen LogP contribution is 2.19. The van der Waals surface area contributed by atoms with E-state index in [9.17, 15) is 14.0 Å². The number of halogens is 1. The van der Waals surface area contributed by atoms with Crippen LogP contribution in [-0.4, -0.2) is 34.0 Å². The third-order valence-corrected chi connectivity index (χ3v) is 5.91. The lowest BCUT2D eigenvalue weighted by molar-refractivity contribution is -0.140. The van der Waals surface area contributed by atoms with Crippen molar-refractivity contribution in [3.8, 4) is 0 Å². The number of thioether (sulfide) groups is 1. The van der Waals surface area contributed by atoms with E-state index in [1.165, 1.54) is 28.8 Å². The number of carbonyl (C=O) groups is 2. The van der Waals surface area contributed by atoms with Gasteiger partial charge in [0.1, 0.15) is 11.9 Å². The minimum Gasteiger partial charge on any atom is -0.350 e. The lowest BCUT2D eigenvalue weighted by Gasteiger charge is -2.33. The Labute approximate surface area is 196 Å². The van der Waals surface area contributed by atoms with Gasteiger partial charge in [0.2, 0.25) is 11.8 Å². The fraction of sp³-hybridized carbons (Fsp3) is 0.462. The standard InChI is InChI=1S/C26H35FN2O2S/c1-7-23(25(31)28-26(4,5)6)29(15-20-8-10-22(27)11-9-20)24(30)17-32-16-21-13-18(2)12-19(3)14-21/h8-14,23H,7,15-17H2,1-6H3,(H,28,31). The van der Waals surface area contributed by atoms with Gasteiger partial charge in [0.15, 0.2) is 0 Å². The second-order valence-corrected chi connectivity index (χ2v) is 10.3. The molecular formula is C26H35FN2O2S. The van der Waals surface area contributed by atoms with Gasteiger partial charge in [-0.05, 0) is 64.3 Å². The monoisotopic (exact) mass is 458 g/mol. The zero-order valence-electron chi connectivity index (χ0n) is 20.0. The summed E-state index contributed by atoms with van der Waals surface area (Å²) in [5.74, 6) is 0.402. The fourth-order valence-electron chi connectivity index (χ4n) is 3.65. The van der Waals surface area contributed by atoms with Crippen LogP contribution in [0.1, 0.15) is 56.4 Å². The molecule has 2 aromatic rings. The molecule has 1 unspecified atom stereocenters. The number of rotatable bonds is 9. The molecule has 2 aromatic carbocycles. The van der Waals surface area contributed by atoms with Gasteiger partial charge in [0, 0.05) is 17.8 Å². The fourth-order valence-corrected chi connectivity index (χ4v) is 4.50. The van der Waals surface area contributed by atoms with Crippen molar-refractivity contribution < 1.29 is 14.0 Å². The first-order valence-electron chi connectivity index (χ1n) is 11.0. The van der Waals surface area contributed by atoms with Crippen LogP contribution in [0.5, 0.6) is 0 Å². The molecule has 0 aliphatic rings. The first-order valence-corrected chi connectivity index (χ1v) is 12.1. The Bertz CT molecular complexity index is 902. The molecule has 0 spiro atoms. The number of hydrogen-bond acceptors (Lipinski definition) is 3. The van der Waals surface area contributed by atoms with Gasteiger partial charge in [-0.15, -0.1) is 11.8 Å². The van der Waals surface area contributed by atoms with E-state index in [-0.39, 0.29) is 29.9 Å². The van der Waals surface area contributed by atoms with Gasteiger partial charge in [-0.1, -0.05) is 48.4 Å². The van der Waals surface area contributed by atoms with Crippen LogP contribution in [0.4, 0.5) is 4.39 Å².